The average Bonchev–Trinajstić information content (AvgIpc) is 2.65. The molecule has 3 aromatic rings. The van der Waals surface area contributed by atoms with Gasteiger partial charge in [-0.3, -0.25) is 5.32 Å². The number of carbonyl (C=O) groups excluding carboxylic acids is 1. The zero-order valence-electron chi connectivity index (χ0n) is 13.6. The van der Waals surface area contributed by atoms with Gasteiger partial charge in [0.15, 0.2) is 0 Å². The lowest BCUT2D eigenvalue weighted by Crippen LogP contribution is -2.13. The highest BCUT2D eigenvalue weighted by molar-refractivity contribution is 9.10. The Kier molecular flexibility index (Phi) is 5.86. The van der Waals surface area contributed by atoms with Gasteiger partial charge >= 0.3 is 6.09 Å². The fraction of sp³-hybridized carbons (Fsp3) is 0.0500. The second kappa shape index (κ2) is 8.49. The summed E-state index contributed by atoms with van der Waals surface area (Å²) in [4.78, 5) is 11.9. The highest BCUT2D eigenvalue weighted by atomic mass is 79.9. The van der Waals surface area contributed by atoms with Gasteiger partial charge in [0.1, 0.15) is 23.9 Å². The number of carbonyl (C=O) groups is 1. The number of hydrogen-bond acceptors (Lipinski definition) is 3. The Balaban J connectivity index is 1.58. The normalized spacial score (nSPS) is 10.2. The molecule has 0 radical (unpaired) electrons. The van der Waals surface area contributed by atoms with Crippen LogP contribution in [-0.4, -0.2) is 6.09 Å². The summed E-state index contributed by atoms with van der Waals surface area (Å²) < 4.78 is 24.4. The molecule has 0 bridgehead atoms. The predicted octanol–water partition coefficient (Wildman–Crippen LogP) is 6.13. The van der Waals surface area contributed by atoms with E-state index in [0.717, 1.165) is 5.56 Å². The van der Waals surface area contributed by atoms with Crippen LogP contribution in [0.1, 0.15) is 5.56 Å². The maximum absolute atomic E-state index is 12.9. The quantitative estimate of drug-likeness (QED) is 0.545. The minimum atomic E-state index is -0.548. The molecule has 26 heavy (non-hydrogen) atoms. The molecule has 6 heteroatoms. The lowest BCUT2D eigenvalue weighted by Gasteiger charge is -2.11. The molecule has 0 unspecified atom stereocenters. The van der Waals surface area contributed by atoms with Crippen molar-refractivity contribution in [2.75, 3.05) is 5.32 Å². The van der Waals surface area contributed by atoms with E-state index in [1.807, 2.05) is 30.3 Å². The SMILES string of the molecule is O=C(Nc1ccc(Oc2ccc(F)cc2)c(Br)c1)OCc1ccccc1. The number of hydrogen-bond donors (Lipinski definition) is 1. The fourth-order valence-corrected chi connectivity index (χ4v) is 2.63. The molecule has 0 saturated heterocycles. The van der Waals surface area contributed by atoms with E-state index in [4.69, 9.17) is 9.47 Å². The minimum Gasteiger partial charge on any atom is -0.456 e. The van der Waals surface area contributed by atoms with Gasteiger partial charge in [0.25, 0.3) is 0 Å². The standard InChI is InChI=1S/C20H15BrFNO3/c21-18-12-16(23-20(24)25-13-14-4-2-1-3-5-14)8-11-19(18)26-17-9-6-15(22)7-10-17/h1-12H,13H2,(H,23,24). The molecular formula is C20H15BrFNO3. The van der Waals surface area contributed by atoms with Crippen LogP contribution in [0.4, 0.5) is 14.9 Å². The first-order chi connectivity index (χ1) is 12.6. The predicted molar refractivity (Wildman–Crippen MR) is 101 cm³/mol. The molecule has 0 saturated carbocycles. The molecule has 3 aromatic carbocycles. The number of benzene rings is 3. The van der Waals surface area contributed by atoms with Crippen LogP contribution in [0.15, 0.2) is 77.3 Å². The lowest BCUT2D eigenvalue weighted by atomic mass is 10.2. The van der Waals surface area contributed by atoms with Crippen LogP contribution >= 0.6 is 15.9 Å². The van der Waals surface area contributed by atoms with Crippen LogP contribution in [0.2, 0.25) is 0 Å². The summed E-state index contributed by atoms with van der Waals surface area (Å²) in [5.74, 6) is 0.722. The third kappa shape index (κ3) is 5.07. The molecule has 1 N–H and O–H groups in total. The molecule has 0 atom stereocenters. The van der Waals surface area contributed by atoms with E-state index in [2.05, 4.69) is 21.2 Å². The van der Waals surface area contributed by atoms with Gasteiger partial charge < -0.3 is 9.47 Å². The summed E-state index contributed by atoms with van der Waals surface area (Å²) in [6.07, 6.45) is -0.548. The van der Waals surface area contributed by atoms with E-state index in [9.17, 15) is 9.18 Å². The van der Waals surface area contributed by atoms with Crippen molar-refractivity contribution >= 4 is 27.7 Å². The first kappa shape index (κ1) is 17.9. The van der Waals surface area contributed by atoms with Crippen molar-refractivity contribution in [3.63, 3.8) is 0 Å². The molecule has 1 amide bonds. The van der Waals surface area contributed by atoms with Crippen molar-refractivity contribution in [2.24, 2.45) is 0 Å². The van der Waals surface area contributed by atoms with Crippen LogP contribution in [0, 0.1) is 5.82 Å². The monoisotopic (exact) mass is 415 g/mol. The number of amides is 1. The second-order valence-corrected chi connectivity index (χ2v) is 6.24. The Bertz CT molecular complexity index is 885. The van der Waals surface area contributed by atoms with Crippen molar-refractivity contribution in [2.45, 2.75) is 6.61 Å². The van der Waals surface area contributed by atoms with Gasteiger partial charge in [-0.15, -0.1) is 0 Å². The summed E-state index contributed by atoms with van der Waals surface area (Å²) in [5.41, 5.74) is 1.47. The summed E-state index contributed by atoms with van der Waals surface area (Å²) in [6, 6.07) is 20.2. The van der Waals surface area contributed by atoms with Crippen LogP contribution in [0.5, 0.6) is 11.5 Å². The van der Waals surface area contributed by atoms with E-state index in [-0.39, 0.29) is 12.4 Å². The topological polar surface area (TPSA) is 47.6 Å². The van der Waals surface area contributed by atoms with Gasteiger partial charge in [-0.2, -0.15) is 0 Å². The molecule has 0 aliphatic rings. The highest BCUT2D eigenvalue weighted by Crippen LogP contribution is 2.32. The summed E-state index contributed by atoms with van der Waals surface area (Å²) in [6.45, 7) is 0.194. The van der Waals surface area contributed by atoms with Crippen LogP contribution in [0.3, 0.4) is 0 Å². The van der Waals surface area contributed by atoms with Gasteiger partial charge in [-0.25, -0.2) is 9.18 Å². The Morgan fingerprint density at radius 2 is 1.73 bits per heavy atom. The smallest absolute Gasteiger partial charge is 0.411 e. The van der Waals surface area contributed by atoms with Crippen molar-refractivity contribution < 1.29 is 18.7 Å². The van der Waals surface area contributed by atoms with Gasteiger partial charge in [-0.1, -0.05) is 30.3 Å². The third-order valence-electron chi connectivity index (χ3n) is 3.43. The van der Waals surface area contributed by atoms with E-state index in [1.165, 1.54) is 24.3 Å². The fourth-order valence-electron chi connectivity index (χ4n) is 2.17. The van der Waals surface area contributed by atoms with Crippen LogP contribution < -0.4 is 10.1 Å². The highest BCUT2D eigenvalue weighted by Gasteiger charge is 2.08. The molecule has 0 fully saturated rings. The van der Waals surface area contributed by atoms with Gasteiger partial charge in [0, 0.05) is 5.69 Å². The van der Waals surface area contributed by atoms with Crippen molar-refractivity contribution in [3.8, 4) is 11.5 Å². The molecule has 0 aliphatic heterocycles. The van der Waals surface area contributed by atoms with Gasteiger partial charge in [-0.05, 0) is 64.0 Å². The van der Waals surface area contributed by atoms with Crippen molar-refractivity contribution in [3.05, 3.63) is 88.6 Å². The number of halogens is 2. The zero-order valence-corrected chi connectivity index (χ0v) is 15.2. The number of nitrogens with one attached hydrogen (secondary N) is 1. The molecule has 0 heterocycles. The van der Waals surface area contributed by atoms with Crippen LogP contribution in [0.25, 0.3) is 0 Å². The Morgan fingerprint density at radius 1 is 1.00 bits per heavy atom. The van der Waals surface area contributed by atoms with E-state index in [1.54, 1.807) is 18.2 Å². The van der Waals surface area contributed by atoms with Crippen LogP contribution in [-0.2, 0) is 11.3 Å². The van der Waals surface area contributed by atoms with Crippen molar-refractivity contribution in [1.29, 1.82) is 0 Å². The third-order valence-corrected chi connectivity index (χ3v) is 4.05. The summed E-state index contributed by atoms with van der Waals surface area (Å²) >= 11 is 3.39. The largest absolute Gasteiger partial charge is 0.456 e. The summed E-state index contributed by atoms with van der Waals surface area (Å²) in [7, 11) is 0. The minimum absolute atomic E-state index is 0.194. The first-order valence-corrected chi connectivity index (χ1v) is 8.60. The second-order valence-electron chi connectivity index (χ2n) is 5.39. The average molecular weight is 416 g/mol. The molecule has 132 valence electrons. The number of ether oxygens (including phenoxy) is 2. The molecular weight excluding hydrogens is 401 g/mol. The molecule has 0 aromatic heterocycles. The summed E-state index contributed by atoms with van der Waals surface area (Å²) in [5, 5.41) is 2.66. The number of anilines is 1. The molecule has 0 aliphatic carbocycles. The molecule has 4 nitrogen and oxygen atoms in total. The lowest BCUT2D eigenvalue weighted by molar-refractivity contribution is 0.155. The van der Waals surface area contributed by atoms with E-state index < -0.39 is 6.09 Å². The maximum Gasteiger partial charge on any atom is 0.411 e. The first-order valence-electron chi connectivity index (χ1n) is 7.81. The van der Waals surface area contributed by atoms with Gasteiger partial charge in [0.2, 0.25) is 0 Å². The molecule has 3 rings (SSSR count). The van der Waals surface area contributed by atoms with Gasteiger partial charge in [0.05, 0.1) is 4.47 Å². The Morgan fingerprint density at radius 3 is 2.42 bits per heavy atom. The zero-order chi connectivity index (χ0) is 18.4. The Labute approximate surface area is 158 Å². The maximum atomic E-state index is 12.9. The van der Waals surface area contributed by atoms with E-state index >= 15 is 0 Å². The Hall–Kier alpha value is -2.86. The van der Waals surface area contributed by atoms with Crippen molar-refractivity contribution in [1.82, 2.24) is 0 Å². The van der Waals surface area contributed by atoms with E-state index in [0.29, 0.717) is 21.7 Å². The molecule has 0 spiro atoms. The number of rotatable bonds is 5.